The molecule has 18 heavy (non-hydrogen) atoms. The Hall–Kier alpha value is -0.470. The van der Waals surface area contributed by atoms with Crippen LogP contribution in [0.2, 0.25) is 0 Å². The van der Waals surface area contributed by atoms with Gasteiger partial charge in [-0.2, -0.15) is 4.31 Å². The second-order valence-electron chi connectivity index (χ2n) is 3.90. The van der Waals surface area contributed by atoms with Crippen molar-refractivity contribution in [2.75, 3.05) is 26.8 Å². The maximum atomic E-state index is 12.4. The SMILES string of the molecule is CCOCCN(C)S(=O)(=O)c1c(C)csc1CN. The highest BCUT2D eigenvalue weighted by Crippen LogP contribution is 2.28. The summed E-state index contributed by atoms with van der Waals surface area (Å²) in [6.45, 7) is 5.23. The molecule has 0 amide bonds. The lowest BCUT2D eigenvalue weighted by Crippen LogP contribution is -2.31. The van der Waals surface area contributed by atoms with Crippen molar-refractivity contribution < 1.29 is 13.2 Å². The summed E-state index contributed by atoms with van der Waals surface area (Å²) in [6, 6.07) is 0. The summed E-state index contributed by atoms with van der Waals surface area (Å²) < 4.78 is 31.3. The molecular weight excluding hydrogens is 272 g/mol. The lowest BCUT2D eigenvalue weighted by Gasteiger charge is -2.18. The highest BCUT2D eigenvalue weighted by molar-refractivity contribution is 7.89. The van der Waals surface area contributed by atoms with Crippen LogP contribution < -0.4 is 5.73 Å². The van der Waals surface area contributed by atoms with Crippen LogP contribution in [0.4, 0.5) is 0 Å². The first kappa shape index (κ1) is 15.6. The van der Waals surface area contributed by atoms with Crippen LogP contribution in [0.1, 0.15) is 17.4 Å². The Morgan fingerprint density at radius 1 is 1.50 bits per heavy atom. The molecule has 1 heterocycles. The predicted molar refractivity (Wildman–Crippen MR) is 73.3 cm³/mol. The van der Waals surface area contributed by atoms with E-state index in [2.05, 4.69) is 0 Å². The average molecular weight is 292 g/mol. The molecule has 0 aliphatic heterocycles. The van der Waals surface area contributed by atoms with E-state index in [4.69, 9.17) is 10.5 Å². The predicted octanol–water partition coefficient (Wildman–Crippen LogP) is 1.17. The Balaban J connectivity index is 2.94. The lowest BCUT2D eigenvalue weighted by atomic mass is 10.3. The van der Waals surface area contributed by atoms with Gasteiger partial charge in [0.2, 0.25) is 10.0 Å². The van der Waals surface area contributed by atoms with E-state index >= 15 is 0 Å². The van der Waals surface area contributed by atoms with E-state index in [1.165, 1.54) is 15.6 Å². The third-order valence-electron chi connectivity index (χ3n) is 2.60. The van der Waals surface area contributed by atoms with Gasteiger partial charge in [0.15, 0.2) is 0 Å². The average Bonchev–Trinajstić information content (AvgIpc) is 2.71. The minimum Gasteiger partial charge on any atom is -0.380 e. The van der Waals surface area contributed by atoms with E-state index in [0.717, 1.165) is 5.56 Å². The van der Waals surface area contributed by atoms with Crippen molar-refractivity contribution in [1.82, 2.24) is 4.31 Å². The number of likely N-dealkylation sites (N-methyl/N-ethyl adjacent to an activating group) is 1. The molecule has 104 valence electrons. The molecule has 0 aliphatic carbocycles. The highest BCUT2D eigenvalue weighted by atomic mass is 32.2. The Morgan fingerprint density at radius 3 is 2.72 bits per heavy atom. The molecule has 0 aliphatic rings. The van der Waals surface area contributed by atoms with Gasteiger partial charge in [0.05, 0.1) is 6.61 Å². The van der Waals surface area contributed by atoms with Crippen molar-refractivity contribution in [2.24, 2.45) is 5.73 Å². The molecule has 1 aromatic heterocycles. The van der Waals surface area contributed by atoms with E-state index in [1.54, 1.807) is 14.0 Å². The van der Waals surface area contributed by atoms with E-state index in [0.29, 0.717) is 29.5 Å². The molecule has 0 fully saturated rings. The molecule has 5 nitrogen and oxygen atoms in total. The van der Waals surface area contributed by atoms with Gasteiger partial charge in [-0.05, 0) is 24.8 Å². The van der Waals surface area contributed by atoms with Crippen LogP contribution in [0, 0.1) is 6.92 Å². The Bertz CT molecular complexity index is 482. The Kier molecular flexibility index (Phi) is 5.74. The molecular formula is C11H20N2O3S2. The summed E-state index contributed by atoms with van der Waals surface area (Å²) >= 11 is 1.39. The molecule has 1 aromatic rings. The molecule has 0 atom stereocenters. The standard InChI is InChI=1S/C11H20N2O3S2/c1-4-16-6-5-13(3)18(14,15)11-9(2)8-17-10(11)7-12/h8H,4-7,12H2,1-3H3. The number of hydrogen-bond donors (Lipinski definition) is 1. The fraction of sp³-hybridized carbons (Fsp3) is 0.636. The topological polar surface area (TPSA) is 72.6 Å². The first-order valence-corrected chi connectivity index (χ1v) is 8.08. The minimum absolute atomic E-state index is 0.242. The fourth-order valence-electron chi connectivity index (χ4n) is 1.59. The number of thiophene rings is 1. The zero-order valence-corrected chi connectivity index (χ0v) is 12.6. The van der Waals surface area contributed by atoms with Gasteiger partial charge in [-0.15, -0.1) is 11.3 Å². The molecule has 2 N–H and O–H groups in total. The van der Waals surface area contributed by atoms with E-state index < -0.39 is 10.0 Å². The van der Waals surface area contributed by atoms with E-state index in [1.807, 2.05) is 12.3 Å². The maximum Gasteiger partial charge on any atom is 0.244 e. The molecule has 7 heteroatoms. The van der Waals surface area contributed by atoms with Gasteiger partial charge in [-0.3, -0.25) is 0 Å². The fourth-order valence-corrected chi connectivity index (χ4v) is 4.39. The highest BCUT2D eigenvalue weighted by Gasteiger charge is 2.26. The number of sulfonamides is 1. The second-order valence-corrected chi connectivity index (χ2v) is 6.84. The molecule has 0 spiro atoms. The smallest absolute Gasteiger partial charge is 0.244 e. The van der Waals surface area contributed by atoms with Crippen LogP contribution in [0.5, 0.6) is 0 Å². The van der Waals surface area contributed by atoms with Crippen molar-refractivity contribution in [2.45, 2.75) is 25.3 Å². The molecule has 0 saturated carbocycles. The summed E-state index contributed by atoms with van der Waals surface area (Å²) in [6.07, 6.45) is 0. The van der Waals surface area contributed by atoms with Gasteiger partial charge < -0.3 is 10.5 Å². The molecule has 0 saturated heterocycles. The first-order valence-electron chi connectivity index (χ1n) is 5.76. The Labute approximate surface area is 113 Å². The molecule has 0 radical (unpaired) electrons. The van der Waals surface area contributed by atoms with Crippen molar-refractivity contribution in [1.29, 1.82) is 0 Å². The third kappa shape index (κ3) is 3.30. The van der Waals surface area contributed by atoms with Crippen LogP contribution in [-0.4, -0.2) is 39.5 Å². The van der Waals surface area contributed by atoms with Crippen molar-refractivity contribution in [3.8, 4) is 0 Å². The van der Waals surface area contributed by atoms with Gasteiger partial charge in [0.25, 0.3) is 0 Å². The van der Waals surface area contributed by atoms with Gasteiger partial charge in [-0.1, -0.05) is 0 Å². The largest absolute Gasteiger partial charge is 0.380 e. The van der Waals surface area contributed by atoms with Crippen LogP contribution in [-0.2, 0) is 21.3 Å². The summed E-state index contributed by atoms with van der Waals surface area (Å²) in [5.74, 6) is 0. The quantitative estimate of drug-likeness (QED) is 0.766. The van der Waals surface area contributed by atoms with Gasteiger partial charge in [0.1, 0.15) is 4.90 Å². The number of nitrogens with two attached hydrogens (primary N) is 1. The van der Waals surface area contributed by atoms with Crippen LogP contribution in [0.3, 0.4) is 0 Å². The molecule has 1 rings (SSSR count). The molecule has 0 unspecified atom stereocenters. The van der Waals surface area contributed by atoms with Gasteiger partial charge in [0, 0.05) is 31.6 Å². The zero-order chi connectivity index (χ0) is 13.8. The second kappa shape index (κ2) is 6.63. The van der Waals surface area contributed by atoms with Crippen LogP contribution in [0.15, 0.2) is 10.3 Å². The van der Waals surface area contributed by atoms with Crippen molar-refractivity contribution in [3.05, 3.63) is 15.8 Å². The maximum absolute atomic E-state index is 12.4. The lowest BCUT2D eigenvalue weighted by molar-refractivity contribution is 0.138. The van der Waals surface area contributed by atoms with E-state index in [9.17, 15) is 8.42 Å². The van der Waals surface area contributed by atoms with Gasteiger partial charge >= 0.3 is 0 Å². The number of nitrogens with zero attached hydrogens (tertiary/aromatic N) is 1. The normalized spacial score (nSPS) is 12.3. The monoisotopic (exact) mass is 292 g/mol. The summed E-state index contributed by atoms with van der Waals surface area (Å²) in [4.78, 5) is 1.06. The molecule has 0 aromatic carbocycles. The Morgan fingerprint density at radius 2 is 2.17 bits per heavy atom. The van der Waals surface area contributed by atoms with E-state index in [-0.39, 0.29) is 6.54 Å². The molecule has 0 bridgehead atoms. The number of hydrogen-bond acceptors (Lipinski definition) is 5. The summed E-state index contributed by atoms with van der Waals surface area (Å²) in [5, 5.41) is 1.82. The summed E-state index contributed by atoms with van der Waals surface area (Å²) in [7, 11) is -1.90. The third-order valence-corrected chi connectivity index (χ3v) is 5.94. The number of ether oxygens (including phenoxy) is 1. The minimum atomic E-state index is -3.47. The van der Waals surface area contributed by atoms with Crippen LogP contribution in [0.25, 0.3) is 0 Å². The van der Waals surface area contributed by atoms with Gasteiger partial charge in [-0.25, -0.2) is 8.42 Å². The zero-order valence-electron chi connectivity index (χ0n) is 11.0. The van der Waals surface area contributed by atoms with Crippen molar-refractivity contribution in [3.63, 3.8) is 0 Å². The van der Waals surface area contributed by atoms with Crippen LogP contribution >= 0.6 is 11.3 Å². The van der Waals surface area contributed by atoms with Crippen molar-refractivity contribution >= 4 is 21.4 Å². The number of aryl methyl sites for hydroxylation is 1. The first-order chi connectivity index (χ1) is 8.45. The summed E-state index contributed by atoms with van der Waals surface area (Å²) in [5.41, 5.74) is 6.34. The number of rotatable bonds is 7.